The summed E-state index contributed by atoms with van der Waals surface area (Å²) >= 11 is 5.42. The fourth-order valence-corrected chi connectivity index (χ4v) is 4.59. The Kier molecular flexibility index (Phi) is 3.57. The van der Waals surface area contributed by atoms with Crippen LogP contribution in [0.5, 0.6) is 0 Å². The highest BCUT2D eigenvalue weighted by Crippen LogP contribution is 2.31. The van der Waals surface area contributed by atoms with Crippen LogP contribution in [0.25, 0.3) is 0 Å². The van der Waals surface area contributed by atoms with Gasteiger partial charge in [0.1, 0.15) is 0 Å². The number of rotatable bonds is 2. The Morgan fingerprint density at radius 2 is 2.24 bits per heavy atom. The predicted octanol–water partition coefficient (Wildman–Crippen LogP) is 3.40. The third-order valence-corrected chi connectivity index (χ3v) is 5.97. The average molecular weight is 315 g/mol. The molecule has 2 aliphatic heterocycles. The van der Waals surface area contributed by atoms with Crippen molar-refractivity contribution in [2.24, 2.45) is 0 Å². The van der Waals surface area contributed by atoms with Gasteiger partial charge in [-0.3, -0.25) is 4.90 Å². The molecule has 0 amide bonds. The lowest BCUT2D eigenvalue weighted by atomic mass is 10.1. The van der Waals surface area contributed by atoms with Gasteiger partial charge in [0.2, 0.25) is 0 Å². The van der Waals surface area contributed by atoms with E-state index in [1.165, 1.54) is 41.7 Å². The van der Waals surface area contributed by atoms with E-state index < -0.39 is 0 Å². The summed E-state index contributed by atoms with van der Waals surface area (Å²) in [6, 6.07) is 4.35. The summed E-state index contributed by atoms with van der Waals surface area (Å²) < 4.78 is 1.22. The van der Waals surface area contributed by atoms with E-state index in [-0.39, 0.29) is 0 Å². The number of hydrogen-bond acceptors (Lipinski definition) is 3. The molecule has 94 valence electrons. The van der Waals surface area contributed by atoms with Crippen LogP contribution in [0.2, 0.25) is 0 Å². The maximum Gasteiger partial charge on any atom is 0.0414 e. The summed E-state index contributed by atoms with van der Waals surface area (Å²) in [6.45, 7) is 4.80. The molecule has 0 aromatic carbocycles. The van der Waals surface area contributed by atoms with E-state index in [1.54, 1.807) is 0 Å². The summed E-state index contributed by atoms with van der Waals surface area (Å²) in [5, 5.41) is 5.94. The fourth-order valence-electron chi connectivity index (χ4n) is 3.05. The lowest BCUT2D eigenvalue weighted by Gasteiger charge is -2.29. The molecule has 2 aliphatic rings. The molecule has 0 spiro atoms. The van der Waals surface area contributed by atoms with Crippen molar-refractivity contribution in [3.05, 3.63) is 20.8 Å². The maximum absolute atomic E-state index is 3.75. The van der Waals surface area contributed by atoms with Gasteiger partial charge < -0.3 is 5.32 Å². The van der Waals surface area contributed by atoms with Gasteiger partial charge in [-0.15, -0.1) is 11.3 Å². The molecule has 2 nitrogen and oxygen atoms in total. The molecule has 2 bridgehead atoms. The zero-order valence-corrected chi connectivity index (χ0v) is 12.6. The van der Waals surface area contributed by atoms with Crippen LogP contribution in [0.3, 0.4) is 0 Å². The van der Waals surface area contributed by atoms with Crippen molar-refractivity contribution < 1.29 is 0 Å². The van der Waals surface area contributed by atoms with Crippen molar-refractivity contribution in [3.8, 4) is 0 Å². The van der Waals surface area contributed by atoms with E-state index in [4.69, 9.17) is 0 Å². The smallest absolute Gasteiger partial charge is 0.0414 e. The first-order valence-corrected chi connectivity index (χ1v) is 8.13. The van der Waals surface area contributed by atoms with E-state index in [0.29, 0.717) is 6.04 Å². The minimum atomic E-state index is 0.562. The second-order valence-electron chi connectivity index (χ2n) is 5.26. The highest BCUT2D eigenvalue weighted by molar-refractivity contribution is 9.10. The highest BCUT2D eigenvalue weighted by Gasteiger charge is 2.31. The van der Waals surface area contributed by atoms with Crippen LogP contribution in [-0.4, -0.2) is 30.1 Å². The molecule has 2 fully saturated rings. The van der Waals surface area contributed by atoms with Gasteiger partial charge in [-0.25, -0.2) is 0 Å². The van der Waals surface area contributed by atoms with Crippen LogP contribution in [0.1, 0.15) is 37.1 Å². The van der Waals surface area contributed by atoms with Crippen LogP contribution in [0.4, 0.5) is 0 Å². The Morgan fingerprint density at radius 1 is 1.41 bits per heavy atom. The summed E-state index contributed by atoms with van der Waals surface area (Å²) in [7, 11) is 0. The molecule has 2 saturated heterocycles. The second-order valence-corrected chi connectivity index (χ2v) is 7.12. The molecule has 3 heterocycles. The van der Waals surface area contributed by atoms with Crippen molar-refractivity contribution in [2.45, 2.75) is 44.3 Å². The average Bonchev–Trinajstić information content (AvgIpc) is 2.84. The molecular weight excluding hydrogens is 296 g/mol. The number of halogens is 1. The molecular formula is C13H19BrN2S. The lowest BCUT2D eigenvalue weighted by molar-refractivity contribution is 0.202. The molecule has 3 atom stereocenters. The largest absolute Gasteiger partial charge is 0.310 e. The minimum Gasteiger partial charge on any atom is -0.310 e. The Balaban J connectivity index is 1.71. The lowest BCUT2D eigenvalue weighted by Crippen LogP contribution is -2.36. The van der Waals surface area contributed by atoms with Crippen molar-refractivity contribution >= 4 is 27.3 Å². The summed E-state index contributed by atoms with van der Waals surface area (Å²) in [4.78, 5) is 4.13. The molecule has 1 aromatic rings. The first kappa shape index (κ1) is 12.2. The van der Waals surface area contributed by atoms with Crippen molar-refractivity contribution in [2.75, 3.05) is 13.1 Å². The van der Waals surface area contributed by atoms with E-state index >= 15 is 0 Å². The minimum absolute atomic E-state index is 0.562. The SMILES string of the molecule is CC(c1cc(Br)cs1)N1CCC2CCC(C1)N2. The van der Waals surface area contributed by atoms with Crippen LogP contribution in [0.15, 0.2) is 15.9 Å². The Hall–Kier alpha value is 0.1000. The van der Waals surface area contributed by atoms with Crippen LogP contribution < -0.4 is 5.32 Å². The molecule has 1 aromatic heterocycles. The number of hydrogen-bond donors (Lipinski definition) is 1. The van der Waals surface area contributed by atoms with Gasteiger partial charge in [0.15, 0.2) is 0 Å². The van der Waals surface area contributed by atoms with Crippen molar-refractivity contribution in [1.82, 2.24) is 10.2 Å². The standard InChI is InChI=1S/C13H19BrN2S/c1-9(13-6-10(14)8-17-13)16-5-4-11-2-3-12(7-16)15-11/h6,8-9,11-12,15H,2-5,7H2,1H3. The monoisotopic (exact) mass is 314 g/mol. The zero-order chi connectivity index (χ0) is 11.8. The van der Waals surface area contributed by atoms with Crippen LogP contribution >= 0.6 is 27.3 Å². The Labute approximate surface area is 116 Å². The number of nitrogens with zero attached hydrogens (tertiary/aromatic N) is 1. The van der Waals surface area contributed by atoms with E-state index in [1.807, 2.05) is 11.3 Å². The quantitative estimate of drug-likeness (QED) is 0.900. The van der Waals surface area contributed by atoms with Gasteiger partial charge in [0.25, 0.3) is 0 Å². The highest BCUT2D eigenvalue weighted by atomic mass is 79.9. The first-order valence-electron chi connectivity index (χ1n) is 6.46. The summed E-state index contributed by atoms with van der Waals surface area (Å²) in [5.74, 6) is 0. The van der Waals surface area contributed by atoms with Gasteiger partial charge in [-0.05, 0) is 48.2 Å². The van der Waals surface area contributed by atoms with E-state index in [9.17, 15) is 0 Å². The maximum atomic E-state index is 3.75. The molecule has 17 heavy (non-hydrogen) atoms. The molecule has 0 aliphatic carbocycles. The van der Waals surface area contributed by atoms with Gasteiger partial charge in [0.05, 0.1) is 0 Å². The van der Waals surface area contributed by atoms with Gasteiger partial charge in [-0.1, -0.05) is 0 Å². The molecule has 1 N–H and O–H groups in total. The number of fused-ring (bicyclic) bond motifs is 2. The van der Waals surface area contributed by atoms with Crippen molar-refractivity contribution in [3.63, 3.8) is 0 Å². The Bertz CT molecular complexity index is 393. The summed E-state index contributed by atoms with van der Waals surface area (Å²) in [5.41, 5.74) is 0. The molecule has 4 heteroatoms. The van der Waals surface area contributed by atoms with Crippen LogP contribution in [-0.2, 0) is 0 Å². The zero-order valence-electron chi connectivity index (χ0n) is 10.2. The van der Waals surface area contributed by atoms with Crippen molar-refractivity contribution in [1.29, 1.82) is 0 Å². The normalized spacial score (nSPS) is 31.4. The number of nitrogens with one attached hydrogen (secondary N) is 1. The fraction of sp³-hybridized carbons (Fsp3) is 0.692. The topological polar surface area (TPSA) is 15.3 Å². The third kappa shape index (κ3) is 2.60. The molecule has 0 saturated carbocycles. The third-order valence-electron chi connectivity index (χ3n) is 4.10. The molecule has 3 rings (SSSR count). The van der Waals surface area contributed by atoms with Crippen LogP contribution in [0, 0.1) is 0 Å². The van der Waals surface area contributed by atoms with E-state index in [2.05, 4.69) is 44.5 Å². The predicted molar refractivity (Wildman–Crippen MR) is 76.6 cm³/mol. The van der Waals surface area contributed by atoms with Gasteiger partial charge in [0, 0.05) is 45.9 Å². The van der Waals surface area contributed by atoms with E-state index in [0.717, 1.165) is 12.1 Å². The second kappa shape index (κ2) is 5.00. The Morgan fingerprint density at radius 3 is 3.00 bits per heavy atom. The number of likely N-dealkylation sites (tertiary alicyclic amines) is 1. The first-order chi connectivity index (χ1) is 8.22. The van der Waals surface area contributed by atoms with Gasteiger partial charge >= 0.3 is 0 Å². The number of thiophene rings is 1. The van der Waals surface area contributed by atoms with Gasteiger partial charge in [-0.2, -0.15) is 0 Å². The summed E-state index contributed by atoms with van der Waals surface area (Å²) in [6.07, 6.45) is 4.06. The molecule has 0 radical (unpaired) electrons. The molecule has 3 unspecified atom stereocenters.